The number of benzene rings is 3. The minimum absolute atomic E-state index is 0.00907. The molecular weight excluding hydrogens is 469 g/mol. The molecular formula is C30H34FN3O3. The highest BCUT2D eigenvalue weighted by Gasteiger charge is 2.17. The van der Waals surface area contributed by atoms with Crippen LogP contribution in [0.15, 0.2) is 72.8 Å². The lowest BCUT2D eigenvalue weighted by atomic mass is 10.1. The molecule has 1 aliphatic rings. The second kappa shape index (κ2) is 13.6. The number of carbonyl (C=O) groups is 2. The van der Waals surface area contributed by atoms with E-state index >= 15 is 0 Å². The molecule has 0 saturated heterocycles. The van der Waals surface area contributed by atoms with E-state index in [1.165, 1.54) is 12.1 Å². The Balaban J connectivity index is 1.47. The van der Waals surface area contributed by atoms with Gasteiger partial charge in [-0.05, 0) is 61.1 Å². The molecule has 37 heavy (non-hydrogen) atoms. The first-order valence-electron chi connectivity index (χ1n) is 12.9. The quantitative estimate of drug-likeness (QED) is 0.521. The molecule has 0 fully saturated rings. The molecule has 0 radical (unpaired) electrons. The highest BCUT2D eigenvalue weighted by molar-refractivity contribution is 5.94. The summed E-state index contributed by atoms with van der Waals surface area (Å²) in [5.74, 6) is 0.223. The molecule has 2 amide bonds. The van der Waals surface area contributed by atoms with Gasteiger partial charge in [0.2, 0.25) is 5.91 Å². The molecule has 4 rings (SSSR count). The molecule has 0 spiro atoms. The fourth-order valence-electron chi connectivity index (χ4n) is 4.36. The van der Waals surface area contributed by atoms with Gasteiger partial charge in [0.1, 0.15) is 11.6 Å². The Hall–Kier alpha value is -3.71. The Morgan fingerprint density at radius 1 is 0.946 bits per heavy atom. The molecule has 0 atom stereocenters. The number of amides is 2. The summed E-state index contributed by atoms with van der Waals surface area (Å²) >= 11 is 0. The van der Waals surface area contributed by atoms with Crippen molar-refractivity contribution in [3.63, 3.8) is 0 Å². The zero-order valence-corrected chi connectivity index (χ0v) is 21.0. The second-order valence-electron chi connectivity index (χ2n) is 9.34. The molecule has 7 heteroatoms. The summed E-state index contributed by atoms with van der Waals surface area (Å²) in [6, 6.07) is 21.9. The van der Waals surface area contributed by atoms with Gasteiger partial charge in [-0.15, -0.1) is 0 Å². The zero-order valence-electron chi connectivity index (χ0n) is 21.0. The van der Waals surface area contributed by atoms with Crippen LogP contribution in [0.3, 0.4) is 0 Å². The van der Waals surface area contributed by atoms with Gasteiger partial charge in [-0.2, -0.15) is 0 Å². The average molecular weight is 504 g/mol. The fraction of sp³-hybridized carbons (Fsp3) is 0.333. The predicted octanol–water partition coefficient (Wildman–Crippen LogP) is 4.48. The second-order valence-corrected chi connectivity index (χ2v) is 9.34. The molecule has 2 N–H and O–H groups in total. The van der Waals surface area contributed by atoms with Crippen molar-refractivity contribution in [2.45, 2.75) is 38.8 Å². The van der Waals surface area contributed by atoms with E-state index in [1.54, 1.807) is 24.3 Å². The monoisotopic (exact) mass is 503 g/mol. The van der Waals surface area contributed by atoms with Crippen LogP contribution in [0.2, 0.25) is 0 Å². The highest BCUT2D eigenvalue weighted by atomic mass is 19.1. The van der Waals surface area contributed by atoms with Crippen molar-refractivity contribution in [3.8, 4) is 5.75 Å². The molecule has 0 unspecified atom stereocenters. The molecule has 194 valence electrons. The minimum atomic E-state index is -0.273. The first kappa shape index (κ1) is 26.4. The molecule has 0 bridgehead atoms. The maximum absolute atomic E-state index is 13.1. The first-order chi connectivity index (χ1) is 18.1. The Morgan fingerprint density at radius 3 is 2.57 bits per heavy atom. The number of ether oxygens (including phenoxy) is 1. The summed E-state index contributed by atoms with van der Waals surface area (Å²) in [5.41, 5.74) is 3.54. The van der Waals surface area contributed by atoms with Crippen molar-refractivity contribution >= 4 is 11.8 Å². The smallest absolute Gasteiger partial charge is 0.251 e. The van der Waals surface area contributed by atoms with Gasteiger partial charge in [0.05, 0.1) is 13.2 Å². The molecule has 0 saturated carbocycles. The lowest BCUT2D eigenvalue weighted by Gasteiger charge is -2.23. The van der Waals surface area contributed by atoms with Gasteiger partial charge in [-0.25, -0.2) is 4.39 Å². The molecule has 6 nitrogen and oxygen atoms in total. The number of nitrogens with zero attached hydrogens (tertiary/aromatic N) is 1. The largest absolute Gasteiger partial charge is 0.493 e. The molecule has 3 aromatic carbocycles. The van der Waals surface area contributed by atoms with Crippen LogP contribution in [0.1, 0.15) is 46.3 Å². The summed E-state index contributed by atoms with van der Waals surface area (Å²) in [7, 11) is 0. The fourth-order valence-corrected chi connectivity index (χ4v) is 4.36. The van der Waals surface area contributed by atoms with Crippen LogP contribution in [-0.4, -0.2) is 43.0 Å². The van der Waals surface area contributed by atoms with E-state index in [0.717, 1.165) is 36.0 Å². The van der Waals surface area contributed by atoms with Crippen LogP contribution in [0.5, 0.6) is 5.75 Å². The maximum Gasteiger partial charge on any atom is 0.251 e. The highest BCUT2D eigenvalue weighted by Crippen LogP contribution is 2.24. The van der Waals surface area contributed by atoms with Crippen molar-refractivity contribution in [2.24, 2.45) is 0 Å². The summed E-state index contributed by atoms with van der Waals surface area (Å²) in [4.78, 5) is 27.6. The Morgan fingerprint density at radius 2 is 1.76 bits per heavy atom. The minimum Gasteiger partial charge on any atom is -0.493 e. The number of hydrogen-bond acceptors (Lipinski definition) is 4. The number of carbonyl (C=O) groups excluding carboxylic acids is 2. The van der Waals surface area contributed by atoms with Gasteiger partial charge < -0.3 is 15.4 Å². The molecule has 1 heterocycles. The van der Waals surface area contributed by atoms with Crippen LogP contribution in [0, 0.1) is 5.82 Å². The summed E-state index contributed by atoms with van der Waals surface area (Å²) in [6.45, 7) is 3.08. The summed E-state index contributed by atoms with van der Waals surface area (Å²) in [5, 5.41) is 5.97. The van der Waals surface area contributed by atoms with E-state index in [1.807, 2.05) is 24.3 Å². The van der Waals surface area contributed by atoms with Crippen molar-refractivity contribution in [1.29, 1.82) is 0 Å². The lowest BCUT2D eigenvalue weighted by Crippen LogP contribution is -2.37. The van der Waals surface area contributed by atoms with E-state index in [2.05, 4.69) is 27.7 Å². The maximum atomic E-state index is 13.1. The normalized spacial score (nSPS) is 15.2. The predicted molar refractivity (Wildman–Crippen MR) is 142 cm³/mol. The topological polar surface area (TPSA) is 70.7 Å². The number of halogens is 1. The van der Waals surface area contributed by atoms with Crippen molar-refractivity contribution in [3.05, 3.63) is 101 Å². The summed E-state index contributed by atoms with van der Waals surface area (Å²) < 4.78 is 19.3. The molecule has 0 aromatic heterocycles. The van der Waals surface area contributed by atoms with E-state index in [4.69, 9.17) is 4.74 Å². The van der Waals surface area contributed by atoms with Crippen molar-refractivity contribution in [2.75, 3.05) is 26.2 Å². The average Bonchev–Trinajstić information content (AvgIpc) is 2.91. The lowest BCUT2D eigenvalue weighted by molar-refractivity contribution is -0.122. The number of nitrogens with one attached hydrogen (secondary N) is 2. The van der Waals surface area contributed by atoms with Crippen LogP contribution in [0.25, 0.3) is 0 Å². The standard InChI is InChI=1S/C30H34FN3O3/c31-27-13-9-23(10-14-27)15-17-33-30(36)25-11-12-26-21-34(20-24-7-3-1-4-8-24)22-29(35)32-16-5-2-6-18-37-28(26)19-25/h1,3-4,7-14,19H,2,5-6,15-18,20-22H2,(H,32,35)(H,33,36). The third kappa shape index (κ3) is 8.43. The SMILES string of the molecule is O=C1CN(Cc2ccccc2)Cc2ccc(C(=O)NCCc3ccc(F)cc3)cc2OCCCCCN1. The van der Waals surface area contributed by atoms with Crippen LogP contribution in [0.4, 0.5) is 4.39 Å². The third-order valence-corrected chi connectivity index (χ3v) is 6.35. The van der Waals surface area contributed by atoms with Gasteiger partial charge in [0.25, 0.3) is 5.91 Å². The van der Waals surface area contributed by atoms with E-state index in [-0.39, 0.29) is 24.2 Å². The Kier molecular flexibility index (Phi) is 9.66. The van der Waals surface area contributed by atoms with E-state index < -0.39 is 0 Å². The van der Waals surface area contributed by atoms with Crippen molar-refractivity contribution < 1.29 is 18.7 Å². The van der Waals surface area contributed by atoms with Crippen LogP contribution >= 0.6 is 0 Å². The number of hydrogen-bond donors (Lipinski definition) is 2. The Bertz CT molecular complexity index is 1170. The van der Waals surface area contributed by atoms with Gasteiger partial charge in [-0.3, -0.25) is 14.5 Å². The van der Waals surface area contributed by atoms with E-state index in [0.29, 0.717) is 50.5 Å². The summed E-state index contributed by atoms with van der Waals surface area (Å²) in [6.07, 6.45) is 3.34. The zero-order chi connectivity index (χ0) is 25.9. The molecule has 0 aliphatic carbocycles. The van der Waals surface area contributed by atoms with Gasteiger partial charge in [-0.1, -0.05) is 48.5 Å². The van der Waals surface area contributed by atoms with Gasteiger partial charge in [0, 0.05) is 37.3 Å². The molecule has 1 aliphatic heterocycles. The van der Waals surface area contributed by atoms with Gasteiger partial charge >= 0.3 is 0 Å². The van der Waals surface area contributed by atoms with Crippen molar-refractivity contribution in [1.82, 2.24) is 15.5 Å². The third-order valence-electron chi connectivity index (χ3n) is 6.35. The van der Waals surface area contributed by atoms with E-state index in [9.17, 15) is 14.0 Å². The van der Waals surface area contributed by atoms with Gasteiger partial charge in [0.15, 0.2) is 0 Å². The molecule has 3 aromatic rings. The number of fused-ring (bicyclic) bond motifs is 1. The van der Waals surface area contributed by atoms with Crippen LogP contribution in [-0.2, 0) is 24.3 Å². The number of rotatable bonds is 6. The Labute approximate surface area is 217 Å². The van der Waals surface area contributed by atoms with Crippen LogP contribution < -0.4 is 15.4 Å². The first-order valence-corrected chi connectivity index (χ1v) is 12.9.